The molecule has 2 heterocycles. The Morgan fingerprint density at radius 2 is 1.84 bits per heavy atom. The van der Waals surface area contributed by atoms with Crippen LogP contribution in [0.3, 0.4) is 0 Å². The van der Waals surface area contributed by atoms with Crippen molar-refractivity contribution in [2.24, 2.45) is 5.92 Å². The largest absolute Gasteiger partial charge is 0.497 e. The number of ether oxygens (including phenoxy) is 1. The van der Waals surface area contributed by atoms with E-state index in [-0.39, 0.29) is 47.0 Å². The lowest BCUT2D eigenvalue weighted by atomic mass is 10.1. The van der Waals surface area contributed by atoms with Crippen LogP contribution in [0.15, 0.2) is 52.1 Å². The van der Waals surface area contributed by atoms with Crippen LogP contribution in [0.4, 0.5) is 0 Å². The van der Waals surface area contributed by atoms with E-state index in [1.165, 1.54) is 16.1 Å². The van der Waals surface area contributed by atoms with Gasteiger partial charge in [-0.1, -0.05) is 38.8 Å². The molecule has 198 valence electrons. The average molecular weight is 518 g/mol. The van der Waals surface area contributed by atoms with Crippen LogP contribution < -0.4 is 21.3 Å². The molecule has 0 bridgehead atoms. The van der Waals surface area contributed by atoms with Crippen LogP contribution >= 0.6 is 0 Å². The molecule has 1 aliphatic rings. The van der Waals surface area contributed by atoms with Crippen molar-refractivity contribution in [1.82, 2.24) is 24.1 Å². The fraction of sp³-hybridized carbons (Fsp3) is 0.393. The molecule has 1 N–H and O–H groups in total. The number of rotatable bonds is 8. The molecule has 2 aromatic carbocycles. The van der Waals surface area contributed by atoms with Gasteiger partial charge < -0.3 is 10.1 Å². The predicted octanol–water partition coefficient (Wildman–Crippen LogP) is 3.03. The zero-order valence-electron chi connectivity index (χ0n) is 21.8. The van der Waals surface area contributed by atoms with Crippen LogP contribution in [0.25, 0.3) is 16.7 Å². The summed E-state index contributed by atoms with van der Waals surface area (Å²) in [5.74, 6) is 0.190. The Hall–Kier alpha value is -4.21. The van der Waals surface area contributed by atoms with E-state index in [0.717, 1.165) is 30.4 Å². The van der Waals surface area contributed by atoms with Gasteiger partial charge in [0.1, 0.15) is 12.3 Å². The molecule has 1 fully saturated rings. The fourth-order valence-corrected chi connectivity index (χ4v) is 5.05. The highest BCUT2D eigenvalue weighted by Gasteiger charge is 2.22. The number of hydrogen-bond donors (Lipinski definition) is 1. The van der Waals surface area contributed by atoms with Crippen molar-refractivity contribution in [1.29, 1.82) is 0 Å². The van der Waals surface area contributed by atoms with Gasteiger partial charge in [-0.3, -0.25) is 19.0 Å². The smallest absolute Gasteiger partial charge is 0.352 e. The van der Waals surface area contributed by atoms with E-state index in [9.17, 15) is 19.2 Å². The number of fused-ring (bicyclic) bond motifs is 3. The minimum Gasteiger partial charge on any atom is -0.497 e. The molecule has 2 aromatic heterocycles. The molecule has 0 spiro atoms. The maximum atomic E-state index is 13.6. The zero-order valence-corrected chi connectivity index (χ0v) is 21.8. The zero-order chi connectivity index (χ0) is 27.0. The first-order chi connectivity index (χ1) is 18.3. The molecule has 0 unspecified atom stereocenters. The van der Waals surface area contributed by atoms with E-state index in [1.807, 2.05) is 13.8 Å². The molecular weight excluding hydrogens is 486 g/mol. The molecule has 4 aromatic rings. The highest BCUT2D eigenvalue weighted by Crippen LogP contribution is 2.20. The standard InChI is InChI=1S/C28H31N5O5/c1-17(2)15-31-26(36)22-12-11-19(25(35)29-20-8-4-5-9-20)14-23(22)33-27(31)30-32(28(33)37)16-24(34)18-7-6-10-21(13-18)38-3/h6-7,10-14,17,20H,4-5,8-9,15-16H2,1-3H3,(H,29,35). The molecule has 0 radical (unpaired) electrons. The van der Waals surface area contributed by atoms with Crippen molar-refractivity contribution in [3.8, 4) is 5.75 Å². The quantitative estimate of drug-likeness (QED) is 0.359. The number of carbonyl (C=O) groups excluding carboxylic acids is 2. The number of ketones is 1. The van der Waals surface area contributed by atoms with E-state index in [4.69, 9.17) is 4.74 Å². The fourth-order valence-electron chi connectivity index (χ4n) is 5.05. The summed E-state index contributed by atoms with van der Waals surface area (Å²) in [6.07, 6.45) is 4.05. The Morgan fingerprint density at radius 1 is 1.08 bits per heavy atom. The number of hydrogen-bond acceptors (Lipinski definition) is 6. The summed E-state index contributed by atoms with van der Waals surface area (Å²) >= 11 is 0. The van der Waals surface area contributed by atoms with Crippen LogP contribution in [0.2, 0.25) is 0 Å². The average Bonchev–Trinajstić information content (AvgIpc) is 3.53. The van der Waals surface area contributed by atoms with Crippen molar-refractivity contribution < 1.29 is 14.3 Å². The van der Waals surface area contributed by atoms with Gasteiger partial charge in [-0.15, -0.1) is 5.10 Å². The van der Waals surface area contributed by atoms with E-state index >= 15 is 0 Å². The third-order valence-corrected chi connectivity index (χ3v) is 6.96. The van der Waals surface area contributed by atoms with Crippen molar-refractivity contribution in [3.05, 3.63) is 74.4 Å². The third-order valence-electron chi connectivity index (χ3n) is 6.96. The summed E-state index contributed by atoms with van der Waals surface area (Å²) in [6.45, 7) is 3.95. The van der Waals surface area contributed by atoms with Crippen molar-refractivity contribution in [2.75, 3.05) is 7.11 Å². The number of nitrogens with one attached hydrogen (secondary N) is 1. The predicted molar refractivity (Wildman–Crippen MR) is 143 cm³/mol. The number of carbonyl (C=O) groups is 2. The van der Waals surface area contributed by atoms with Gasteiger partial charge in [0.2, 0.25) is 5.78 Å². The third kappa shape index (κ3) is 4.73. The van der Waals surface area contributed by atoms with E-state index in [2.05, 4.69) is 10.4 Å². The second-order valence-electron chi connectivity index (χ2n) is 10.2. The second-order valence-corrected chi connectivity index (χ2v) is 10.2. The highest BCUT2D eigenvalue weighted by atomic mass is 16.5. The van der Waals surface area contributed by atoms with E-state index < -0.39 is 5.69 Å². The summed E-state index contributed by atoms with van der Waals surface area (Å²) in [5.41, 5.74) is 0.156. The van der Waals surface area contributed by atoms with Crippen molar-refractivity contribution in [2.45, 2.75) is 58.7 Å². The summed E-state index contributed by atoms with van der Waals surface area (Å²) in [5, 5.41) is 7.77. The van der Waals surface area contributed by atoms with E-state index in [0.29, 0.717) is 28.8 Å². The molecule has 0 aliphatic heterocycles. The lowest BCUT2D eigenvalue weighted by Gasteiger charge is -2.14. The summed E-state index contributed by atoms with van der Waals surface area (Å²) in [6, 6.07) is 11.6. The maximum absolute atomic E-state index is 13.6. The summed E-state index contributed by atoms with van der Waals surface area (Å²) < 4.78 is 9.05. The molecule has 5 rings (SSSR count). The molecular formula is C28H31N5O5. The Labute approximate surface area is 218 Å². The molecule has 10 nitrogen and oxygen atoms in total. The number of nitrogens with zero attached hydrogens (tertiary/aromatic N) is 4. The summed E-state index contributed by atoms with van der Waals surface area (Å²) in [4.78, 5) is 53.1. The van der Waals surface area contributed by atoms with E-state index in [1.54, 1.807) is 42.5 Å². The Kier molecular flexibility index (Phi) is 6.88. The Morgan fingerprint density at radius 3 is 2.55 bits per heavy atom. The van der Waals surface area contributed by atoms with Gasteiger partial charge in [0.15, 0.2) is 5.78 Å². The van der Waals surface area contributed by atoms with Crippen LogP contribution in [0.1, 0.15) is 60.2 Å². The number of methoxy groups -OCH3 is 1. The summed E-state index contributed by atoms with van der Waals surface area (Å²) in [7, 11) is 1.51. The van der Waals surface area contributed by atoms with Crippen LogP contribution in [0, 0.1) is 5.92 Å². The molecule has 1 aliphatic carbocycles. The number of benzene rings is 2. The Bertz CT molecular complexity index is 1660. The highest BCUT2D eigenvalue weighted by molar-refractivity contribution is 5.98. The van der Waals surface area contributed by atoms with Crippen molar-refractivity contribution >= 4 is 28.4 Å². The minimum absolute atomic E-state index is 0.101. The molecule has 0 atom stereocenters. The van der Waals surface area contributed by atoms with Crippen LogP contribution in [0.5, 0.6) is 5.75 Å². The van der Waals surface area contributed by atoms with Gasteiger partial charge in [0, 0.05) is 23.7 Å². The first-order valence-electron chi connectivity index (χ1n) is 12.9. The second kappa shape index (κ2) is 10.3. The first kappa shape index (κ1) is 25.4. The molecule has 0 saturated heterocycles. The monoisotopic (exact) mass is 517 g/mol. The topological polar surface area (TPSA) is 117 Å². The molecule has 1 saturated carbocycles. The van der Waals surface area contributed by atoms with Gasteiger partial charge in [0.25, 0.3) is 11.5 Å². The number of Topliss-reactive ketones (excluding diaryl/α,β-unsaturated/α-hetero) is 1. The lowest BCUT2D eigenvalue weighted by molar-refractivity contribution is 0.0936. The van der Waals surface area contributed by atoms with Crippen LogP contribution in [-0.4, -0.2) is 43.6 Å². The molecule has 1 amide bonds. The van der Waals surface area contributed by atoms with Crippen LogP contribution in [-0.2, 0) is 13.1 Å². The van der Waals surface area contributed by atoms with Gasteiger partial charge in [-0.25, -0.2) is 13.9 Å². The number of aromatic nitrogens is 4. The SMILES string of the molecule is COc1cccc(C(=O)Cn2nc3n(CC(C)C)c(=O)c4ccc(C(=O)NC5CCCC5)cc4n3c2=O)c1. The molecule has 38 heavy (non-hydrogen) atoms. The maximum Gasteiger partial charge on any atom is 0.352 e. The minimum atomic E-state index is -0.563. The van der Waals surface area contributed by atoms with Gasteiger partial charge in [-0.2, -0.15) is 0 Å². The normalized spacial score (nSPS) is 14.0. The van der Waals surface area contributed by atoms with Gasteiger partial charge in [0.05, 0.1) is 18.0 Å². The first-order valence-corrected chi connectivity index (χ1v) is 12.9. The lowest BCUT2D eigenvalue weighted by Crippen LogP contribution is -2.33. The van der Waals surface area contributed by atoms with Gasteiger partial charge >= 0.3 is 5.69 Å². The van der Waals surface area contributed by atoms with Gasteiger partial charge in [-0.05, 0) is 49.1 Å². The number of amides is 1. The molecule has 10 heteroatoms. The van der Waals surface area contributed by atoms with Crippen molar-refractivity contribution in [3.63, 3.8) is 0 Å². The Balaban J connectivity index is 1.63.